The van der Waals surface area contributed by atoms with Crippen molar-refractivity contribution < 1.29 is 14.4 Å². The molecule has 0 saturated carbocycles. The summed E-state index contributed by atoms with van der Waals surface area (Å²) in [6.07, 6.45) is 2.99. The van der Waals surface area contributed by atoms with Crippen LogP contribution in [0, 0.1) is 0 Å². The molecule has 2 aliphatic heterocycles. The van der Waals surface area contributed by atoms with Crippen LogP contribution in [0.25, 0.3) is 0 Å². The van der Waals surface area contributed by atoms with Crippen LogP contribution in [0.4, 0.5) is 11.9 Å². The van der Waals surface area contributed by atoms with Gasteiger partial charge in [0, 0.05) is 13.1 Å². The fourth-order valence-corrected chi connectivity index (χ4v) is 3.69. The van der Waals surface area contributed by atoms with Gasteiger partial charge >= 0.3 is 0 Å². The standard InChI is InChI=1S/C17H25ClN8O3/c1-9-14(29)26-8-4-6-11(26)13(28)22-10(12(19)27)5-2-3-7-20-16-23-15(18)24-17(21-9)25-16/h9-11H,2-8H2,1H3,(H2,19,27)(H,22,28)(H2,20,21,23,24,25)/t9-,10+,11-/m0/s1. The van der Waals surface area contributed by atoms with Crippen molar-refractivity contribution in [1.82, 2.24) is 25.2 Å². The van der Waals surface area contributed by atoms with Crippen molar-refractivity contribution in [2.45, 2.75) is 57.2 Å². The summed E-state index contributed by atoms with van der Waals surface area (Å²) in [4.78, 5) is 51.2. The molecular weight excluding hydrogens is 400 g/mol. The number of hydrogen-bond acceptors (Lipinski definition) is 8. The first-order valence-electron chi connectivity index (χ1n) is 9.67. The number of anilines is 2. The highest BCUT2D eigenvalue weighted by Crippen LogP contribution is 2.20. The molecule has 1 aromatic rings. The summed E-state index contributed by atoms with van der Waals surface area (Å²) in [7, 11) is 0. The monoisotopic (exact) mass is 424 g/mol. The quantitative estimate of drug-likeness (QED) is 0.486. The minimum Gasteiger partial charge on any atom is -0.368 e. The topological polar surface area (TPSA) is 155 Å². The zero-order chi connectivity index (χ0) is 21.0. The van der Waals surface area contributed by atoms with E-state index in [1.165, 1.54) is 4.90 Å². The predicted molar refractivity (Wildman–Crippen MR) is 106 cm³/mol. The summed E-state index contributed by atoms with van der Waals surface area (Å²) < 4.78 is 0. The third-order valence-electron chi connectivity index (χ3n) is 5.03. The molecule has 0 aliphatic carbocycles. The number of amides is 3. The number of rotatable bonds is 1. The third-order valence-corrected chi connectivity index (χ3v) is 5.19. The predicted octanol–water partition coefficient (Wildman–Crippen LogP) is -0.118. The first-order chi connectivity index (χ1) is 13.8. The van der Waals surface area contributed by atoms with Gasteiger partial charge in [-0.1, -0.05) is 0 Å². The van der Waals surface area contributed by atoms with Gasteiger partial charge in [-0.3, -0.25) is 14.4 Å². The maximum atomic E-state index is 12.9. The lowest BCUT2D eigenvalue weighted by Crippen LogP contribution is -2.54. The number of carbonyl (C=O) groups excluding carboxylic acids is 3. The second-order valence-electron chi connectivity index (χ2n) is 7.19. The minimum atomic E-state index is -0.776. The average Bonchev–Trinajstić information content (AvgIpc) is 3.14. The van der Waals surface area contributed by atoms with Gasteiger partial charge in [-0.05, 0) is 50.6 Å². The van der Waals surface area contributed by atoms with Gasteiger partial charge in [0.1, 0.15) is 18.1 Å². The Labute approximate surface area is 173 Å². The van der Waals surface area contributed by atoms with Crippen LogP contribution in [0.5, 0.6) is 0 Å². The Kier molecular flexibility index (Phi) is 6.68. The van der Waals surface area contributed by atoms with Crippen molar-refractivity contribution >= 4 is 41.2 Å². The maximum Gasteiger partial charge on any atom is 0.245 e. The Morgan fingerprint density at radius 3 is 2.62 bits per heavy atom. The number of aromatic nitrogens is 3. The zero-order valence-electron chi connectivity index (χ0n) is 16.2. The number of halogens is 1. The van der Waals surface area contributed by atoms with Gasteiger partial charge in [-0.15, -0.1) is 0 Å². The van der Waals surface area contributed by atoms with E-state index < -0.39 is 24.0 Å². The second-order valence-corrected chi connectivity index (χ2v) is 7.53. The molecular formula is C17H25ClN8O3. The number of carbonyl (C=O) groups is 3. The summed E-state index contributed by atoms with van der Waals surface area (Å²) in [6.45, 7) is 2.65. The smallest absolute Gasteiger partial charge is 0.245 e. The number of hydrogen-bond donors (Lipinski definition) is 4. The summed E-state index contributed by atoms with van der Waals surface area (Å²) in [6, 6.07) is -2.10. The molecule has 1 aromatic heterocycles. The maximum absolute atomic E-state index is 12.9. The van der Waals surface area contributed by atoms with Crippen LogP contribution >= 0.6 is 11.6 Å². The van der Waals surface area contributed by atoms with Crippen LogP contribution in [0.3, 0.4) is 0 Å². The van der Waals surface area contributed by atoms with Gasteiger partial charge in [0.05, 0.1) is 0 Å². The molecule has 11 nitrogen and oxygen atoms in total. The second kappa shape index (κ2) is 9.21. The summed E-state index contributed by atoms with van der Waals surface area (Å²) in [5.41, 5.74) is 5.46. The van der Waals surface area contributed by atoms with Crippen molar-refractivity contribution in [2.24, 2.45) is 5.73 Å². The van der Waals surface area contributed by atoms with Crippen LogP contribution in [0.2, 0.25) is 5.28 Å². The Morgan fingerprint density at radius 2 is 1.86 bits per heavy atom. The van der Waals surface area contributed by atoms with Crippen molar-refractivity contribution in [3.05, 3.63) is 5.28 Å². The van der Waals surface area contributed by atoms with E-state index in [0.717, 1.165) is 0 Å². The van der Waals surface area contributed by atoms with Gasteiger partial charge in [-0.2, -0.15) is 15.0 Å². The summed E-state index contributed by atoms with van der Waals surface area (Å²) in [5.74, 6) is -0.751. The lowest BCUT2D eigenvalue weighted by atomic mass is 10.1. The van der Waals surface area contributed by atoms with Gasteiger partial charge in [0.15, 0.2) is 0 Å². The van der Waals surface area contributed by atoms with Gasteiger partial charge < -0.3 is 26.6 Å². The molecule has 2 bridgehead atoms. The van der Waals surface area contributed by atoms with E-state index in [9.17, 15) is 14.4 Å². The fourth-order valence-electron chi connectivity index (χ4n) is 3.53. The van der Waals surface area contributed by atoms with Crippen LogP contribution in [-0.2, 0) is 14.4 Å². The first kappa shape index (κ1) is 21.0. The van der Waals surface area contributed by atoms with E-state index in [1.54, 1.807) is 6.92 Å². The van der Waals surface area contributed by atoms with Crippen LogP contribution in [0.1, 0.15) is 39.0 Å². The average molecular weight is 425 g/mol. The van der Waals surface area contributed by atoms with Gasteiger partial charge in [0.2, 0.25) is 34.9 Å². The van der Waals surface area contributed by atoms with E-state index in [0.29, 0.717) is 45.2 Å². The van der Waals surface area contributed by atoms with E-state index in [1.807, 2.05) is 0 Å². The zero-order valence-corrected chi connectivity index (χ0v) is 16.9. The van der Waals surface area contributed by atoms with Crippen LogP contribution < -0.4 is 21.7 Å². The molecule has 29 heavy (non-hydrogen) atoms. The lowest BCUT2D eigenvalue weighted by Gasteiger charge is -2.28. The number of nitrogens with two attached hydrogens (primary N) is 1. The number of fused-ring (bicyclic) bond motifs is 3. The molecule has 3 rings (SSSR count). The van der Waals surface area contributed by atoms with E-state index in [-0.39, 0.29) is 29.0 Å². The molecule has 1 saturated heterocycles. The Balaban J connectivity index is 1.85. The van der Waals surface area contributed by atoms with E-state index in [4.69, 9.17) is 17.3 Å². The number of primary amides is 1. The molecule has 0 unspecified atom stereocenters. The van der Waals surface area contributed by atoms with Crippen molar-refractivity contribution in [2.75, 3.05) is 23.7 Å². The van der Waals surface area contributed by atoms with Gasteiger partial charge in [0.25, 0.3) is 0 Å². The first-order valence-corrected chi connectivity index (χ1v) is 10.0. The third kappa shape index (κ3) is 5.22. The fraction of sp³-hybridized carbons (Fsp3) is 0.647. The normalized spacial score (nSPS) is 26.1. The van der Waals surface area contributed by atoms with Crippen molar-refractivity contribution in [3.8, 4) is 0 Å². The van der Waals surface area contributed by atoms with E-state index >= 15 is 0 Å². The molecule has 12 heteroatoms. The molecule has 3 atom stereocenters. The molecule has 0 spiro atoms. The minimum absolute atomic E-state index is 0.00187. The molecule has 0 aromatic carbocycles. The molecule has 0 radical (unpaired) electrons. The highest BCUT2D eigenvalue weighted by molar-refractivity contribution is 6.28. The lowest BCUT2D eigenvalue weighted by molar-refractivity contribution is -0.139. The van der Waals surface area contributed by atoms with Gasteiger partial charge in [-0.25, -0.2) is 0 Å². The SMILES string of the molecule is C[C@@H]1Nc2nc(Cl)nc(n2)NCCCC[C@H](C(N)=O)NC(=O)[C@@H]2CCCN2C1=O. The van der Waals surface area contributed by atoms with Crippen molar-refractivity contribution in [1.29, 1.82) is 0 Å². The van der Waals surface area contributed by atoms with Crippen LogP contribution in [-0.4, -0.2) is 68.8 Å². The largest absolute Gasteiger partial charge is 0.368 e. The van der Waals surface area contributed by atoms with E-state index in [2.05, 4.69) is 30.9 Å². The molecule has 2 aliphatic rings. The highest BCUT2D eigenvalue weighted by atomic mass is 35.5. The molecule has 3 heterocycles. The molecule has 5 N–H and O–H groups in total. The molecule has 1 fully saturated rings. The Morgan fingerprint density at radius 1 is 1.10 bits per heavy atom. The number of nitrogens with one attached hydrogen (secondary N) is 3. The highest BCUT2D eigenvalue weighted by Gasteiger charge is 2.37. The Bertz CT molecular complexity index is 792. The summed E-state index contributed by atoms with van der Waals surface area (Å²) >= 11 is 5.97. The molecule has 158 valence electrons. The number of nitrogens with zero attached hydrogens (tertiary/aromatic N) is 4. The van der Waals surface area contributed by atoms with Crippen LogP contribution in [0.15, 0.2) is 0 Å². The Hall–Kier alpha value is -2.69. The van der Waals surface area contributed by atoms with Crippen molar-refractivity contribution in [3.63, 3.8) is 0 Å². The summed E-state index contributed by atoms with van der Waals surface area (Å²) in [5, 5.41) is 8.68. The molecule has 3 amide bonds.